The average Bonchev–Trinajstić information content (AvgIpc) is 3.14. The van der Waals surface area contributed by atoms with Crippen LogP contribution in [0.15, 0.2) is 78.9 Å². The second kappa shape index (κ2) is 16.8. The van der Waals surface area contributed by atoms with Crippen molar-refractivity contribution in [2.45, 2.75) is 76.2 Å². The molecule has 3 aromatic carbocycles. The van der Waals surface area contributed by atoms with Gasteiger partial charge in [0.15, 0.2) is 0 Å². The molecule has 1 saturated carbocycles. The minimum Gasteiger partial charge on any atom is -0.343 e. The summed E-state index contributed by atoms with van der Waals surface area (Å²) in [5.74, 6) is 0.124. The Balaban J connectivity index is 1.15. The van der Waals surface area contributed by atoms with Crippen LogP contribution in [-0.2, 0) is 45.5 Å². The quantitative estimate of drug-likeness (QED) is 0.283. The molecular weight excluding hydrogens is 670 g/mol. The highest BCUT2D eigenvalue weighted by Gasteiger charge is 2.37. The van der Waals surface area contributed by atoms with Crippen molar-refractivity contribution in [1.82, 2.24) is 24.7 Å². The van der Waals surface area contributed by atoms with Crippen LogP contribution in [0.1, 0.15) is 54.4 Å². The number of amides is 2. The Morgan fingerprint density at radius 3 is 2.22 bits per heavy atom. The lowest BCUT2D eigenvalue weighted by atomic mass is 9.83. The van der Waals surface area contributed by atoms with Crippen molar-refractivity contribution in [3.05, 3.63) is 106 Å². The Kier molecular flexibility index (Phi) is 12.3. The molecule has 3 aliphatic rings. The number of carbonyl (C=O) groups excluding carboxylic acids is 2. The zero-order chi connectivity index (χ0) is 35.1. The van der Waals surface area contributed by atoms with Crippen molar-refractivity contribution >= 4 is 33.4 Å². The summed E-state index contributed by atoms with van der Waals surface area (Å²) in [6.45, 7) is 3.71. The molecule has 0 spiro atoms. The van der Waals surface area contributed by atoms with E-state index in [4.69, 9.17) is 11.6 Å². The number of carbonyl (C=O) groups is 2. The number of nitrogens with zero attached hydrogens (tertiary/aromatic N) is 3. The molecule has 9 nitrogen and oxygen atoms in total. The number of piperazine rings is 1. The van der Waals surface area contributed by atoms with Gasteiger partial charge in [-0.05, 0) is 59.6 Å². The van der Waals surface area contributed by atoms with Crippen molar-refractivity contribution in [2.75, 3.05) is 39.0 Å². The van der Waals surface area contributed by atoms with Crippen LogP contribution in [0.2, 0.25) is 5.02 Å². The van der Waals surface area contributed by atoms with E-state index in [-0.39, 0.29) is 17.9 Å². The molecule has 3 atom stereocenters. The molecule has 2 heterocycles. The van der Waals surface area contributed by atoms with Crippen molar-refractivity contribution in [3.8, 4) is 0 Å². The van der Waals surface area contributed by atoms with Crippen LogP contribution in [0.3, 0.4) is 0 Å². The maximum atomic E-state index is 14.2. The van der Waals surface area contributed by atoms with Crippen LogP contribution >= 0.6 is 11.6 Å². The van der Waals surface area contributed by atoms with Gasteiger partial charge in [-0.3, -0.25) is 14.5 Å². The standard InChI is InChI=1S/C39H50ClN5O4S/c1-50(48,49)45(27-30-10-4-2-5-11-30)28-37(31-12-6-3-7-13-31)43-20-22-44(23-21-43)39(47)36(24-29-16-18-34(40)19-17-29)42-38(46)35-25-32-14-8-9-15-33(32)26-41-35/h2,4-5,8-11,14-19,31,35-37,41H,3,6-7,12-13,20-28H2,1H3,(H,42,46)/t35-,36-,37?/m1/s1. The Bertz CT molecular complexity index is 1690. The van der Waals surface area contributed by atoms with Gasteiger partial charge in [-0.15, -0.1) is 0 Å². The highest BCUT2D eigenvalue weighted by Crippen LogP contribution is 2.31. The number of hydrogen-bond donors (Lipinski definition) is 2. The summed E-state index contributed by atoms with van der Waals surface area (Å²) in [6.07, 6.45) is 7.94. The van der Waals surface area contributed by atoms with Gasteiger partial charge in [0.2, 0.25) is 21.8 Å². The minimum absolute atomic E-state index is 0.0656. The third kappa shape index (κ3) is 9.53. The smallest absolute Gasteiger partial charge is 0.245 e. The van der Waals surface area contributed by atoms with Gasteiger partial charge >= 0.3 is 0 Å². The first-order valence-electron chi connectivity index (χ1n) is 18.0. The zero-order valence-corrected chi connectivity index (χ0v) is 30.5. The van der Waals surface area contributed by atoms with Gasteiger partial charge in [-0.1, -0.05) is 97.6 Å². The van der Waals surface area contributed by atoms with E-state index in [1.807, 2.05) is 71.6 Å². The van der Waals surface area contributed by atoms with Gasteiger partial charge in [0.05, 0.1) is 12.3 Å². The van der Waals surface area contributed by atoms with Gasteiger partial charge in [-0.2, -0.15) is 4.31 Å². The summed E-state index contributed by atoms with van der Waals surface area (Å²) < 4.78 is 27.8. The van der Waals surface area contributed by atoms with Crippen molar-refractivity contribution < 1.29 is 18.0 Å². The average molecular weight is 720 g/mol. The van der Waals surface area contributed by atoms with Gasteiger partial charge in [0, 0.05) is 63.3 Å². The fourth-order valence-corrected chi connectivity index (χ4v) is 8.79. The first kappa shape index (κ1) is 36.5. The molecule has 0 aromatic heterocycles. The molecule has 2 aliphatic heterocycles. The lowest BCUT2D eigenvalue weighted by molar-refractivity contribution is -0.138. The van der Waals surface area contributed by atoms with E-state index in [0.29, 0.717) is 69.6 Å². The van der Waals surface area contributed by atoms with E-state index in [2.05, 4.69) is 27.7 Å². The lowest BCUT2D eigenvalue weighted by Gasteiger charge is -2.45. The van der Waals surface area contributed by atoms with Crippen LogP contribution in [0.25, 0.3) is 0 Å². The van der Waals surface area contributed by atoms with Crippen LogP contribution in [0.4, 0.5) is 0 Å². The number of rotatable bonds is 12. The van der Waals surface area contributed by atoms with Gasteiger partial charge in [-0.25, -0.2) is 8.42 Å². The molecule has 3 aromatic rings. The summed E-state index contributed by atoms with van der Waals surface area (Å²) in [5.41, 5.74) is 4.23. The number of hydrogen-bond acceptors (Lipinski definition) is 6. The molecule has 2 amide bonds. The van der Waals surface area contributed by atoms with Crippen LogP contribution in [0, 0.1) is 5.92 Å². The topological polar surface area (TPSA) is 102 Å². The lowest BCUT2D eigenvalue weighted by Crippen LogP contribution is -2.60. The highest BCUT2D eigenvalue weighted by molar-refractivity contribution is 7.88. The van der Waals surface area contributed by atoms with Crippen molar-refractivity contribution in [3.63, 3.8) is 0 Å². The van der Waals surface area contributed by atoms with Crippen molar-refractivity contribution in [2.24, 2.45) is 5.92 Å². The largest absolute Gasteiger partial charge is 0.343 e. The molecular formula is C39H50ClN5O4S. The fourth-order valence-electron chi connectivity index (χ4n) is 7.86. The third-order valence-electron chi connectivity index (χ3n) is 10.7. The second-order valence-electron chi connectivity index (χ2n) is 14.2. The number of fused-ring (bicyclic) bond motifs is 1. The summed E-state index contributed by atoms with van der Waals surface area (Å²) in [5, 5.41) is 7.09. The fraction of sp³-hybridized carbons (Fsp3) is 0.487. The Labute approximate surface area is 302 Å². The Hall–Kier alpha value is -3.28. The summed E-state index contributed by atoms with van der Waals surface area (Å²) in [4.78, 5) is 32.2. The monoisotopic (exact) mass is 719 g/mol. The minimum atomic E-state index is -3.45. The maximum Gasteiger partial charge on any atom is 0.245 e. The van der Waals surface area contributed by atoms with Gasteiger partial charge < -0.3 is 15.5 Å². The molecule has 2 N–H and O–H groups in total. The first-order chi connectivity index (χ1) is 24.1. The Morgan fingerprint density at radius 2 is 1.54 bits per heavy atom. The van der Waals surface area contributed by atoms with E-state index in [0.717, 1.165) is 42.4 Å². The van der Waals surface area contributed by atoms with E-state index in [1.165, 1.54) is 18.2 Å². The van der Waals surface area contributed by atoms with Crippen LogP contribution < -0.4 is 10.6 Å². The Morgan fingerprint density at radius 1 is 0.880 bits per heavy atom. The highest BCUT2D eigenvalue weighted by atomic mass is 35.5. The summed E-state index contributed by atoms with van der Waals surface area (Å²) in [6, 6.07) is 24.2. The molecule has 1 unspecified atom stereocenters. The SMILES string of the molecule is CS(=O)(=O)N(Cc1ccccc1)CC(C1CCCCC1)N1CCN(C(=O)[C@@H](Cc2ccc(Cl)cc2)NC(=O)[C@H]2Cc3ccccc3CN2)CC1. The first-order valence-corrected chi connectivity index (χ1v) is 20.2. The number of nitrogens with one attached hydrogen (secondary N) is 2. The molecule has 1 aliphatic carbocycles. The van der Waals surface area contributed by atoms with Crippen LogP contribution in [-0.4, -0.2) is 91.4 Å². The van der Waals surface area contributed by atoms with E-state index in [1.54, 1.807) is 4.31 Å². The molecule has 1 saturated heterocycles. The predicted octanol–water partition coefficient (Wildman–Crippen LogP) is 4.64. The van der Waals surface area contributed by atoms with Crippen molar-refractivity contribution in [1.29, 1.82) is 0 Å². The van der Waals surface area contributed by atoms with E-state index >= 15 is 0 Å². The third-order valence-corrected chi connectivity index (χ3v) is 12.2. The molecule has 2 fully saturated rings. The van der Waals surface area contributed by atoms with E-state index < -0.39 is 22.1 Å². The molecule has 0 radical (unpaired) electrons. The predicted molar refractivity (Wildman–Crippen MR) is 198 cm³/mol. The molecule has 11 heteroatoms. The zero-order valence-electron chi connectivity index (χ0n) is 29.0. The summed E-state index contributed by atoms with van der Waals surface area (Å²) >= 11 is 6.16. The maximum absolute atomic E-state index is 14.2. The van der Waals surface area contributed by atoms with Crippen LogP contribution in [0.5, 0.6) is 0 Å². The number of halogens is 1. The van der Waals surface area contributed by atoms with Gasteiger partial charge in [0.25, 0.3) is 0 Å². The normalized spacial score (nSPS) is 20.2. The summed E-state index contributed by atoms with van der Waals surface area (Å²) in [7, 11) is -3.45. The van der Waals surface area contributed by atoms with E-state index in [9.17, 15) is 18.0 Å². The molecule has 50 heavy (non-hydrogen) atoms. The molecule has 6 rings (SSSR count). The number of sulfonamides is 1. The molecule has 268 valence electrons. The van der Waals surface area contributed by atoms with Gasteiger partial charge in [0.1, 0.15) is 6.04 Å². The molecule has 0 bridgehead atoms. The second-order valence-corrected chi connectivity index (χ2v) is 16.6. The number of benzene rings is 3.